The topological polar surface area (TPSA) is 96.4 Å². The van der Waals surface area contributed by atoms with Gasteiger partial charge < -0.3 is 24.4 Å². The molecule has 3 saturated heterocycles. The molecule has 0 radical (unpaired) electrons. The quantitative estimate of drug-likeness (QED) is 0.322. The molecule has 0 aliphatic carbocycles. The summed E-state index contributed by atoms with van der Waals surface area (Å²) in [7, 11) is 0. The fourth-order valence-corrected chi connectivity index (χ4v) is 5.42. The molecule has 5 atom stereocenters. The maximum absolute atomic E-state index is 13.7. The van der Waals surface area contributed by atoms with Crippen LogP contribution >= 0.6 is 0 Å². The third-order valence-corrected chi connectivity index (χ3v) is 6.63. The summed E-state index contributed by atoms with van der Waals surface area (Å²) < 4.78 is 11.6. The SMILES string of the molecule is C=CCN(C(=O)[C@@H]1N(CCCCO)C(=O)[C@H]2[C@H](C(=O)OCC)[C@@H]3CC[C@]12O3)C(C)C. The lowest BCUT2D eigenvalue weighted by Crippen LogP contribution is -2.57. The van der Waals surface area contributed by atoms with E-state index in [0.29, 0.717) is 38.8 Å². The zero-order chi connectivity index (χ0) is 22.1. The summed E-state index contributed by atoms with van der Waals surface area (Å²) in [6.07, 6.45) is 3.59. The zero-order valence-electron chi connectivity index (χ0n) is 18.2. The second-order valence-electron chi connectivity index (χ2n) is 8.64. The van der Waals surface area contributed by atoms with Gasteiger partial charge in [0.05, 0.1) is 24.5 Å². The standard InChI is InChI=1S/C22H34N2O6/c1-5-11-23(14(3)4)20(27)18-22-10-9-15(30-22)16(21(28)29-6-2)17(22)19(26)24(18)12-7-8-13-25/h5,14-18,25H,1,6-13H2,2-4H3/t15-,16+,17+,18-,22+/m0/s1. The Morgan fingerprint density at radius 1 is 1.43 bits per heavy atom. The highest BCUT2D eigenvalue weighted by molar-refractivity contribution is 5.98. The summed E-state index contributed by atoms with van der Waals surface area (Å²) in [5.41, 5.74) is -0.996. The van der Waals surface area contributed by atoms with Gasteiger partial charge in [0.2, 0.25) is 11.8 Å². The molecule has 3 fully saturated rings. The third-order valence-electron chi connectivity index (χ3n) is 6.63. The Morgan fingerprint density at radius 3 is 2.77 bits per heavy atom. The molecule has 3 heterocycles. The van der Waals surface area contributed by atoms with E-state index in [0.717, 1.165) is 0 Å². The summed E-state index contributed by atoms with van der Waals surface area (Å²) in [4.78, 5) is 43.3. The van der Waals surface area contributed by atoms with Crippen molar-refractivity contribution in [3.8, 4) is 0 Å². The van der Waals surface area contributed by atoms with Gasteiger partial charge in [-0.2, -0.15) is 0 Å². The number of carbonyl (C=O) groups excluding carboxylic acids is 3. The van der Waals surface area contributed by atoms with E-state index in [4.69, 9.17) is 9.47 Å². The van der Waals surface area contributed by atoms with Crippen LogP contribution in [0.2, 0.25) is 0 Å². The van der Waals surface area contributed by atoms with Gasteiger partial charge in [-0.15, -0.1) is 6.58 Å². The molecule has 1 spiro atoms. The fourth-order valence-electron chi connectivity index (χ4n) is 5.42. The lowest BCUT2D eigenvalue weighted by atomic mass is 9.70. The minimum atomic E-state index is -0.996. The molecule has 3 rings (SSSR count). The Kier molecular flexibility index (Phi) is 6.87. The first kappa shape index (κ1) is 22.7. The van der Waals surface area contributed by atoms with E-state index < -0.39 is 29.4 Å². The van der Waals surface area contributed by atoms with Crippen molar-refractivity contribution in [2.24, 2.45) is 11.8 Å². The fraction of sp³-hybridized carbons (Fsp3) is 0.773. The highest BCUT2D eigenvalue weighted by atomic mass is 16.6. The maximum atomic E-state index is 13.7. The van der Waals surface area contributed by atoms with Crippen LogP contribution in [0.5, 0.6) is 0 Å². The Labute approximate surface area is 178 Å². The van der Waals surface area contributed by atoms with Crippen LogP contribution in [0.15, 0.2) is 12.7 Å². The predicted octanol–water partition coefficient (Wildman–Crippen LogP) is 1.12. The molecule has 8 nitrogen and oxygen atoms in total. The second kappa shape index (κ2) is 9.06. The average Bonchev–Trinajstić information content (AvgIpc) is 3.33. The number of hydrogen-bond acceptors (Lipinski definition) is 6. The number of fused-ring (bicyclic) bond motifs is 1. The van der Waals surface area contributed by atoms with Gasteiger partial charge in [-0.3, -0.25) is 14.4 Å². The number of carbonyl (C=O) groups is 3. The largest absolute Gasteiger partial charge is 0.466 e. The van der Waals surface area contributed by atoms with Gasteiger partial charge in [0, 0.05) is 25.7 Å². The van der Waals surface area contributed by atoms with Crippen molar-refractivity contribution in [2.75, 3.05) is 26.3 Å². The van der Waals surface area contributed by atoms with Crippen molar-refractivity contribution in [1.82, 2.24) is 9.80 Å². The van der Waals surface area contributed by atoms with E-state index in [1.807, 2.05) is 13.8 Å². The van der Waals surface area contributed by atoms with E-state index in [2.05, 4.69) is 6.58 Å². The maximum Gasteiger partial charge on any atom is 0.312 e. The molecule has 3 aliphatic heterocycles. The van der Waals surface area contributed by atoms with Gasteiger partial charge in [0.1, 0.15) is 11.6 Å². The van der Waals surface area contributed by atoms with Gasteiger partial charge in [0.25, 0.3) is 0 Å². The normalized spacial score (nSPS) is 31.9. The predicted molar refractivity (Wildman–Crippen MR) is 109 cm³/mol. The van der Waals surface area contributed by atoms with Gasteiger partial charge >= 0.3 is 5.97 Å². The molecule has 0 aromatic carbocycles. The zero-order valence-corrected chi connectivity index (χ0v) is 18.2. The Bertz CT molecular complexity index is 695. The van der Waals surface area contributed by atoms with Crippen molar-refractivity contribution in [3.63, 3.8) is 0 Å². The van der Waals surface area contributed by atoms with Gasteiger partial charge in [-0.1, -0.05) is 6.08 Å². The number of hydrogen-bond donors (Lipinski definition) is 1. The number of nitrogens with zero attached hydrogens (tertiary/aromatic N) is 2. The number of amides is 2. The Hall–Kier alpha value is -1.93. The molecule has 8 heteroatoms. The van der Waals surface area contributed by atoms with Gasteiger partial charge in [-0.25, -0.2) is 0 Å². The highest BCUT2D eigenvalue weighted by Gasteiger charge is 2.75. The van der Waals surface area contributed by atoms with Crippen molar-refractivity contribution in [3.05, 3.63) is 12.7 Å². The second-order valence-corrected chi connectivity index (χ2v) is 8.64. The minimum absolute atomic E-state index is 0.0217. The van der Waals surface area contributed by atoms with E-state index in [-0.39, 0.29) is 37.2 Å². The van der Waals surface area contributed by atoms with E-state index in [1.165, 1.54) is 0 Å². The van der Waals surface area contributed by atoms with Crippen LogP contribution < -0.4 is 0 Å². The van der Waals surface area contributed by atoms with E-state index in [9.17, 15) is 19.5 Å². The first-order valence-corrected chi connectivity index (χ1v) is 11.0. The number of unbranched alkanes of at least 4 members (excludes halogenated alkanes) is 1. The van der Waals surface area contributed by atoms with Crippen molar-refractivity contribution < 1.29 is 29.0 Å². The first-order valence-electron chi connectivity index (χ1n) is 11.0. The van der Waals surface area contributed by atoms with Crippen LogP contribution in [-0.4, -0.2) is 82.8 Å². The van der Waals surface area contributed by atoms with Crippen LogP contribution in [0, 0.1) is 11.8 Å². The first-order chi connectivity index (χ1) is 14.3. The van der Waals surface area contributed by atoms with Crippen LogP contribution in [0.4, 0.5) is 0 Å². The van der Waals surface area contributed by atoms with E-state index in [1.54, 1.807) is 22.8 Å². The minimum Gasteiger partial charge on any atom is -0.466 e. The molecule has 0 aromatic rings. The molecular weight excluding hydrogens is 388 g/mol. The Balaban J connectivity index is 1.99. The Morgan fingerprint density at radius 2 is 2.17 bits per heavy atom. The van der Waals surface area contributed by atoms with Gasteiger partial charge in [-0.05, 0) is 46.5 Å². The number of aliphatic hydroxyl groups excluding tert-OH is 1. The smallest absolute Gasteiger partial charge is 0.312 e. The summed E-state index contributed by atoms with van der Waals surface area (Å²) in [5, 5.41) is 9.18. The molecule has 30 heavy (non-hydrogen) atoms. The summed E-state index contributed by atoms with van der Waals surface area (Å²) in [5.74, 6) is -2.17. The van der Waals surface area contributed by atoms with E-state index >= 15 is 0 Å². The molecule has 2 bridgehead atoms. The lowest BCUT2D eigenvalue weighted by molar-refractivity contribution is -0.155. The molecule has 0 unspecified atom stereocenters. The van der Waals surface area contributed by atoms with Crippen molar-refractivity contribution in [2.45, 2.75) is 70.2 Å². The lowest BCUT2D eigenvalue weighted by Gasteiger charge is -2.38. The number of rotatable bonds is 10. The van der Waals surface area contributed by atoms with Crippen LogP contribution in [0.25, 0.3) is 0 Å². The highest BCUT2D eigenvalue weighted by Crippen LogP contribution is 2.58. The van der Waals surface area contributed by atoms with Crippen LogP contribution in [0.3, 0.4) is 0 Å². The monoisotopic (exact) mass is 422 g/mol. The molecule has 1 N–H and O–H groups in total. The van der Waals surface area contributed by atoms with Crippen molar-refractivity contribution in [1.29, 1.82) is 0 Å². The summed E-state index contributed by atoms with van der Waals surface area (Å²) in [6, 6.07) is -0.847. The molecule has 0 saturated carbocycles. The van der Waals surface area contributed by atoms with Gasteiger partial charge in [0.15, 0.2) is 0 Å². The van der Waals surface area contributed by atoms with Crippen LogP contribution in [0.1, 0.15) is 46.5 Å². The molecule has 2 amide bonds. The molecule has 3 aliphatic rings. The number of likely N-dealkylation sites (tertiary alicyclic amines) is 1. The number of ether oxygens (including phenoxy) is 2. The number of aliphatic hydroxyl groups is 1. The number of esters is 1. The average molecular weight is 423 g/mol. The third kappa shape index (κ3) is 3.54. The van der Waals surface area contributed by atoms with Crippen LogP contribution in [-0.2, 0) is 23.9 Å². The molecular formula is C22H34N2O6. The van der Waals surface area contributed by atoms with Crippen molar-refractivity contribution >= 4 is 17.8 Å². The summed E-state index contributed by atoms with van der Waals surface area (Å²) >= 11 is 0. The summed E-state index contributed by atoms with van der Waals surface area (Å²) in [6.45, 7) is 10.3. The molecule has 0 aromatic heterocycles. The molecule has 168 valence electrons.